The summed E-state index contributed by atoms with van der Waals surface area (Å²) in [6, 6.07) is 12.0. The Bertz CT molecular complexity index is 614. The number of benzene rings is 2. The third kappa shape index (κ3) is 4.96. The predicted octanol–water partition coefficient (Wildman–Crippen LogP) is 1.62. The molecule has 0 radical (unpaired) electrons. The standard InChI is InChI=1S/C16H16F2N2O/c1-20(10-12-5-7-13(17)8-6-12)11-16(21)19-15-4-2-3-14(18)9-15/h2-9H,10-11H2,1H3,(H,19,21)/p+1. The smallest absolute Gasteiger partial charge is 0.279 e. The van der Waals surface area contributed by atoms with Crippen LogP contribution in [0, 0.1) is 11.6 Å². The third-order valence-electron chi connectivity index (χ3n) is 2.99. The van der Waals surface area contributed by atoms with Crippen molar-refractivity contribution in [2.24, 2.45) is 0 Å². The van der Waals surface area contributed by atoms with E-state index in [1.165, 1.54) is 24.3 Å². The molecule has 1 unspecified atom stereocenters. The Hall–Kier alpha value is -2.27. The lowest BCUT2D eigenvalue weighted by Crippen LogP contribution is -3.08. The first kappa shape index (κ1) is 15.1. The van der Waals surface area contributed by atoms with Gasteiger partial charge in [-0.25, -0.2) is 8.78 Å². The van der Waals surface area contributed by atoms with Crippen molar-refractivity contribution in [3.05, 3.63) is 65.7 Å². The number of anilines is 1. The predicted molar refractivity (Wildman–Crippen MR) is 76.9 cm³/mol. The van der Waals surface area contributed by atoms with Crippen molar-refractivity contribution in [3.8, 4) is 0 Å². The van der Waals surface area contributed by atoms with E-state index in [-0.39, 0.29) is 24.1 Å². The summed E-state index contributed by atoms with van der Waals surface area (Å²) in [4.78, 5) is 12.8. The van der Waals surface area contributed by atoms with E-state index in [0.717, 1.165) is 10.5 Å². The van der Waals surface area contributed by atoms with Crippen LogP contribution >= 0.6 is 0 Å². The number of amides is 1. The number of hydrogen-bond acceptors (Lipinski definition) is 1. The SMILES string of the molecule is C[NH+](CC(=O)Nc1cccc(F)c1)Cc1ccc(F)cc1. The van der Waals surface area contributed by atoms with Gasteiger partial charge in [0.25, 0.3) is 5.91 Å². The highest BCUT2D eigenvalue weighted by Crippen LogP contribution is 2.08. The Morgan fingerprint density at radius 1 is 1.10 bits per heavy atom. The molecule has 110 valence electrons. The van der Waals surface area contributed by atoms with Gasteiger partial charge in [-0.15, -0.1) is 0 Å². The molecule has 0 fully saturated rings. The Balaban J connectivity index is 1.86. The molecule has 0 bridgehead atoms. The van der Waals surface area contributed by atoms with Gasteiger partial charge in [0.15, 0.2) is 6.54 Å². The second-order valence-electron chi connectivity index (χ2n) is 5.00. The lowest BCUT2D eigenvalue weighted by molar-refractivity contribution is -0.885. The van der Waals surface area contributed by atoms with E-state index in [1.807, 2.05) is 7.05 Å². The Morgan fingerprint density at radius 2 is 1.81 bits per heavy atom. The summed E-state index contributed by atoms with van der Waals surface area (Å²) in [7, 11) is 1.87. The van der Waals surface area contributed by atoms with E-state index < -0.39 is 0 Å². The summed E-state index contributed by atoms with van der Waals surface area (Å²) in [6.45, 7) is 0.852. The van der Waals surface area contributed by atoms with E-state index in [2.05, 4.69) is 5.32 Å². The third-order valence-corrected chi connectivity index (χ3v) is 2.99. The minimum atomic E-state index is -0.389. The highest BCUT2D eigenvalue weighted by molar-refractivity contribution is 5.91. The molecule has 0 saturated heterocycles. The highest BCUT2D eigenvalue weighted by Gasteiger charge is 2.11. The average molecular weight is 291 g/mol. The van der Waals surface area contributed by atoms with E-state index in [0.29, 0.717) is 12.2 Å². The Kier molecular flexibility index (Phi) is 5.00. The maximum absolute atomic E-state index is 13.0. The van der Waals surface area contributed by atoms with Crippen LogP contribution in [0.1, 0.15) is 5.56 Å². The number of carbonyl (C=O) groups excluding carboxylic acids is 1. The van der Waals surface area contributed by atoms with Crippen LogP contribution in [0.3, 0.4) is 0 Å². The van der Waals surface area contributed by atoms with Crippen molar-refractivity contribution >= 4 is 11.6 Å². The van der Waals surface area contributed by atoms with Gasteiger partial charge >= 0.3 is 0 Å². The van der Waals surface area contributed by atoms with Crippen molar-refractivity contribution < 1.29 is 18.5 Å². The topological polar surface area (TPSA) is 33.5 Å². The zero-order chi connectivity index (χ0) is 15.2. The Labute approximate surface area is 122 Å². The zero-order valence-corrected chi connectivity index (χ0v) is 11.7. The fraction of sp³-hybridized carbons (Fsp3) is 0.188. The van der Waals surface area contributed by atoms with Crippen molar-refractivity contribution in [2.45, 2.75) is 6.54 Å². The van der Waals surface area contributed by atoms with E-state index in [1.54, 1.807) is 24.3 Å². The number of likely N-dealkylation sites (N-methyl/N-ethyl adjacent to an activating group) is 1. The molecular formula is C16H17F2N2O+. The van der Waals surface area contributed by atoms with E-state index in [4.69, 9.17) is 0 Å². The Morgan fingerprint density at radius 3 is 2.48 bits per heavy atom. The van der Waals surface area contributed by atoms with Gasteiger partial charge in [0.2, 0.25) is 0 Å². The summed E-state index contributed by atoms with van der Waals surface area (Å²) in [5, 5.41) is 2.65. The number of halogens is 2. The number of rotatable bonds is 5. The second kappa shape index (κ2) is 6.95. The van der Waals surface area contributed by atoms with Gasteiger partial charge in [-0.2, -0.15) is 0 Å². The molecule has 0 heterocycles. The molecule has 0 aliphatic carbocycles. The van der Waals surface area contributed by atoms with Crippen molar-refractivity contribution in [1.82, 2.24) is 0 Å². The molecule has 0 aliphatic rings. The van der Waals surface area contributed by atoms with Gasteiger partial charge < -0.3 is 10.2 Å². The molecule has 2 N–H and O–H groups in total. The molecule has 2 rings (SSSR count). The van der Waals surface area contributed by atoms with Crippen LogP contribution in [0.5, 0.6) is 0 Å². The molecule has 0 aromatic heterocycles. The normalized spacial score (nSPS) is 12.0. The van der Waals surface area contributed by atoms with Crippen molar-refractivity contribution in [3.63, 3.8) is 0 Å². The van der Waals surface area contributed by atoms with Crippen LogP contribution < -0.4 is 10.2 Å². The lowest BCUT2D eigenvalue weighted by Gasteiger charge is -2.14. The molecule has 5 heteroatoms. The fourth-order valence-electron chi connectivity index (χ4n) is 2.06. The van der Waals surface area contributed by atoms with Gasteiger partial charge in [-0.05, 0) is 30.3 Å². The molecule has 2 aromatic carbocycles. The van der Waals surface area contributed by atoms with Crippen LogP contribution in [0.4, 0.5) is 14.5 Å². The first-order valence-electron chi connectivity index (χ1n) is 6.64. The van der Waals surface area contributed by atoms with Crippen LogP contribution in [-0.2, 0) is 11.3 Å². The number of quaternary nitrogens is 1. The van der Waals surface area contributed by atoms with E-state index >= 15 is 0 Å². The van der Waals surface area contributed by atoms with Crippen LogP contribution in [0.15, 0.2) is 48.5 Å². The highest BCUT2D eigenvalue weighted by atomic mass is 19.1. The molecule has 2 aromatic rings. The minimum absolute atomic E-state index is 0.194. The second-order valence-corrected chi connectivity index (χ2v) is 5.00. The molecular weight excluding hydrogens is 274 g/mol. The molecule has 1 amide bonds. The molecule has 1 atom stereocenters. The molecule has 21 heavy (non-hydrogen) atoms. The van der Waals surface area contributed by atoms with E-state index in [9.17, 15) is 13.6 Å². The summed E-state index contributed by atoms with van der Waals surface area (Å²) in [5.41, 5.74) is 1.39. The summed E-state index contributed by atoms with van der Waals surface area (Å²) < 4.78 is 25.8. The van der Waals surface area contributed by atoms with Gasteiger partial charge in [0, 0.05) is 11.3 Å². The van der Waals surface area contributed by atoms with Crippen molar-refractivity contribution in [1.29, 1.82) is 0 Å². The van der Waals surface area contributed by atoms with Crippen LogP contribution in [-0.4, -0.2) is 19.5 Å². The first-order chi connectivity index (χ1) is 10.0. The number of hydrogen-bond donors (Lipinski definition) is 2. The summed E-state index contributed by atoms with van der Waals surface area (Å²) in [5.74, 6) is -0.861. The monoisotopic (exact) mass is 291 g/mol. The first-order valence-corrected chi connectivity index (χ1v) is 6.64. The summed E-state index contributed by atoms with van der Waals surface area (Å²) in [6.07, 6.45) is 0. The minimum Gasteiger partial charge on any atom is -0.326 e. The maximum atomic E-state index is 13.0. The van der Waals surface area contributed by atoms with Gasteiger partial charge in [0.1, 0.15) is 18.2 Å². The fourth-order valence-corrected chi connectivity index (χ4v) is 2.06. The van der Waals surface area contributed by atoms with Gasteiger partial charge in [0.05, 0.1) is 7.05 Å². The maximum Gasteiger partial charge on any atom is 0.279 e. The molecule has 0 spiro atoms. The average Bonchev–Trinajstić information content (AvgIpc) is 2.41. The quantitative estimate of drug-likeness (QED) is 0.862. The van der Waals surface area contributed by atoms with Crippen LogP contribution in [0.25, 0.3) is 0 Å². The zero-order valence-electron chi connectivity index (χ0n) is 11.7. The largest absolute Gasteiger partial charge is 0.326 e. The van der Waals surface area contributed by atoms with Gasteiger partial charge in [-0.3, -0.25) is 4.79 Å². The summed E-state index contributed by atoms with van der Waals surface area (Å²) >= 11 is 0. The number of nitrogens with one attached hydrogen (secondary N) is 2. The number of carbonyl (C=O) groups is 1. The van der Waals surface area contributed by atoms with Gasteiger partial charge in [-0.1, -0.05) is 18.2 Å². The lowest BCUT2D eigenvalue weighted by atomic mass is 10.2. The molecule has 3 nitrogen and oxygen atoms in total. The van der Waals surface area contributed by atoms with Crippen molar-refractivity contribution in [2.75, 3.05) is 18.9 Å². The molecule has 0 saturated carbocycles. The van der Waals surface area contributed by atoms with Crippen LogP contribution in [0.2, 0.25) is 0 Å². The molecule has 0 aliphatic heterocycles.